The molecule has 1 spiro atoms. The third-order valence-electron chi connectivity index (χ3n) is 4.97. The molecule has 0 unspecified atom stereocenters. The van der Waals surface area contributed by atoms with Gasteiger partial charge in [-0.25, -0.2) is 9.59 Å². The van der Waals surface area contributed by atoms with Crippen LogP contribution in [0.2, 0.25) is 0 Å². The number of rotatable bonds is 4. The fourth-order valence-corrected chi connectivity index (χ4v) is 3.91. The van der Waals surface area contributed by atoms with Crippen molar-refractivity contribution < 1.29 is 19.1 Å². The second kappa shape index (κ2) is 7.17. The van der Waals surface area contributed by atoms with Crippen molar-refractivity contribution in [1.82, 2.24) is 10.6 Å². The minimum atomic E-state index is -0.475. The predicted octanol–water partition coefficient (Wildman–Crippen LogP) is 3.75. The fraction of sp³-hybridized carbons (Fsp3) is 0.600. The van der Waals surface area contributed by atoms with E-state index in [2.05, 4.69) is 10.6 Å². The third-order valence-corrected chi connectivity index (χ3v) is 4.97. The number of alkyl carbamates (subject to hydrolysis) is 2. The summed E-state index contributed by atoms with van der Waals surface area (Å²) >= 11 is 0. The Balaban J connectivity index is 1.30. The monoisotopic (exact) mass is 360 g/mol. The first-order valence-electron chi connectivity index (χ1n) is 9.20. The molecule has 26 heavy (non-hydrogen) atoms. The van der Waals surface area contributed by atoms with Gasteiger partial charge in [-0.15, -0.1) is 0 Å². The highest BCUT2D eigenvalue weighted by Crippen LogP contribution is 2.55. The van der Waals surface area contributed by atoms with Crippen LogP contribution in [0.1, 0.15) is 52.0 Å². The van der Waals surface area contributed by atoms with Crippen molar-refractivity contribution in [3.63, 3.8) is 0 Å². The molecule has 0 aromatic heterocycles. The molecule has 0 heterocycles. The molecule has 0 radical (unpaired) electrons. The molecule has 2 aliphatic carbocycles. The molecular formula is C20H28N2O4. The Hall–Kier alpha value is -2.24. The van der Waals surface area contributed by atoms with Crippen molar-refractivity contribution in [3.8, 4) is 0 Å². The normalized spacial score (nSPS) is 27.0. The van der Waals surface area contributed by atoms with E-state index >= 15 is 0 Å². The van der Waals surface area contributed by atoms with Crippen LogP contribution in [0.3, 0.4) is 0 Å². The molecule has 1 aromatic rings. The van der Waals surface area contributed by atoms with Crippen LogP contribution in [0.4, 0.5) is 9.59 Å². The van der Waals surface area contributed by atoms with E-state index in [1.165, 1.54) is 0 Å². The van der Waals surface area contributed by atoms with E-state index in [1.54, 1.807) is 0 Å². The average Bonchev–Trinajstić information content (AvgIpc) is 2.48. The summed E-state index contributed by atoms with van der Waals surface area (Å²) in [7, 11) is 0. The van der Waals surface area contributed by atoms with Crippen LogP contribution in [0.25, 0.3) is 0 Å². The molecule has 2 saturated carbocycles. The van der Waals surface area contributed by atoms with Crippen LogP contribution in [-0.2, 0) is 16.1 Å². The first-order chi connectivity index (χ1) is 12.2. The molecule has 2 amide bonds. The molecule has 6 heteroatoms. The van der Waals surface area contributed by atoms with E-state index in [9.17, 15) is 9.59 Å². The summed E-state index contributed by atoms with van der Waals surface area (Å²) in [5.74, 6) is 0. The molecule has 0 atom stereocenters. The molecule has 0 bridgehead atoms. The zero-order valence-corrected chi connectivity index (χ0v) is 15.7. The summed E-state index contributed by atoms with van der Waals surface area (Å²) in [5, 5.41) is 5.84. The number of benzene rings is 1. The van der Waals surface area contributed by atoms with E-state index in [4.69, 9.17) is 9.47 Å². The quantitative estimate of drug-likeness (QED) is 0.857. The number of hydrogen-bond acceptors (Lipinski definition) is 4. The molecule has 2 aliphatic rings. The molecule has 2 fully saturated rings. The van der Waals surface area contributed by atoms with Crippen LogP contribution in [-0.4, -0.2) is 29.9 Å². The van der Waals surface area contributed by atoms with Crippen molar-refractivity contribution in [3.05, 3.63) is 35.9 Å². The van der Waals surface area contributed by atoms with Gasteiger partial charge in [0.1, 0.15) is 12.2 Å². The van der Waals surface area contributed by atoms with Gasteiger partial charge in [-0.05, 0) is 57.4 Å². The second-order valence-electron chi connectivity index (χ2n) is 8.56. The highest BCUT2D eigenvalue weighted by Gasteiger charge is 2.53. The largest absolute Gasteiger partial charge is 0.445 e. The zero-order chi connectivity index (χ0) is 18.8. The van der Waals surface area contributed by atoms with E-state index in [0.29, 0.717) is 0 Å². The van der Waals surface area contributed by atoms with E-state index in [-0.39, 0.29) is 36.3 Å². The molecular weight excluding hydrogens is 332 g/mol. The summed E-state index contributed by atoms with van der Waals surface area (Å²) in [6.07, 6.45) is 3.07. The van der Waals surface area contributed by atoms with Crippen molar-refractivity contribution >= 4 is 12.2 Å². The Labute approximate surface area is 154 Å². The lowest BCUT2D eigenvalue weighted by Gasteiger charge is -2.57. The second-order valence-corrected chi connectivity index (χ2v) is 8.56. The topological polar surface area (TPSA) is 76.7 Å². The summed E-state index contributed by atoms with van der Waals surface area (Å²) in [4.78, 5) is 23.6. The van der Waals surface area contributed by atoms with E-state index in [0.717, 1.165) is 31.2 Å². The average molecular weight is 360 g/mol. The van der Waals surface area contributed by atoms with Gasteiger partial charge in [0.2, 0.25) is 0 Å². The zero-order valence-electron chi connectivity index (χ0n) is 15.7. The van der Waals surface area contributed by atoms with Crippen LogP contribution >= 0.6 is 0 Å². The lowest BCUT2D eigenvalue weighted by molar-refractivity contribution is -0.0322. The first-order valence-corrected chi connectivity index (χ1v) is 9.20. The molecule has 1 aromatic carbocycles. The van der Waals surface area contributed by atoms with E-state index in [1.807, 2.05) is 51.1 Å². The van der Waals surface area contributed by atoms with Gasteiger partial charge in [-0.1, -0.05) is 30.3 Å². The van der Waals surface area contributed by atoms with Crippen molar-refractivity contribution in [2.45, 2.75) is 70.7 Å². The number of nitrogens with one attached hydrogen (secondary N) is 2. The molecule has 3 rings (SSSR count). The van der Waals surface area contributed by atoms with Crippen LogP contribution in [0.15, 0.2) is 30.3 Å². The molecule has 0 aliphatic heterocycles. The van der Waals surface area contributed by atoms with Gasteiger partial charge in [-0.3, -0.25) is 0 Å². The fourth-order valence-electron chi connectivity index (χ4n) is 3.91. The predicted molar refractivity (Wildman–Crippen MR) is 97.6 cm³/mol. The maximum atomic E-state index is 11.9. The smallest absolute Gasteiger partial charge is 0.407 e. The van der Waals surface area contributed by atoms with Crippen LogP contribution < -0.4 is 10.6 Å². The molecule has 142 valence electrons. The van der Waals surface area contributed by atoms with E-state index < -0.39 is 5.60 Å². The van der Waals surface area contributed by atoms with Gasteiger partial charge in [0, 0.05) is 12.1 Å². The van der Waals surface area contributed by atoms with Gasteiger partial charge in [-0.2, -0.15) is 0 Å². The van der Waals surface area contributed by atoms with Gasteiger partial charge < -0.3 is 20.1 Å². The Kier molecular flexibility index (Phi) is 5.12. The maximum Gasteiger partial charge on any atom is 0.407 e. The highest BCUT2D eigenvalue weighted by atomic mass is 16.6. The van der Waals surface area contributed by atoms with Gasteiger partial charge in [0.15, 0.2) is 0 Å². The minimum Gasteiger partial charge on any atom is -0.445 e. The number of amides is 2. The van der Waals surface area contributed by atoms with Crippen LogP contribution in [0, 0.1) is 5.41 Å². The summed E-state index contributed by atoms with van der Waals surface area (Å²) in [6.45, 7) is 5.85. The Morgan fingerprint density at radius 3 is 2.08 bits per heavy atom. The summed E-state index contributed by atoms with van der Waals surface area (Å²) in [6, 6.07) is 9.97. The Morgan fingerprint density at radius 1 is 1.00 bits per heavy atom. The van der Waals surface area contributed by atoms with Crippen LogP contribution in [0.5, 0.6) is 0 Å². The first kappa shape index (κ1) is 18.5. The van der Waals surface area contributed by atoms with Gasteiger partial charge in [0.25, 0.3) is 0 Å². The third kappa shape index (κ3) is 4.90. The lowest BCUT2D eigenvalue weighted by Crippen LogP contribution is -2.61. The highest BCUT2D eigenvalue weighted by molar-refractivity contribution is 5.69. The Morgan fingerprint density at radius 2 is 1.54 bits per heavy atom. The number of hydrogen-bond donors (Lipinski definition) is 2. The minimum absolute atomic E-state index is 0.167. The molecule has 0 saturated heterocycles. The number of carbonyl (C=O) groups excluding carboxylic acids is 2. The van der Waals surface area contributed by atoms with Crippen molar-refractivity contribution in [2.24, 2.45) is 5.41 Å². The van der Waals surface area contributed by atoms with Crippen molar-refractivity contribution in [2.75, 3.05) is 0 Å². The van der Waals surface area contributed by atoms with Crippen molar-refractivity contribution in [1.29, 1.82) is 0 Å². The van der Waals surface area contributed by atoms with Gasteiger partial charge in [0.05, 0.1) is 0 Å². The molecule has 2 N–H and O–H groups in total. The Bertz CT molecular complexity index is 640. The number of carbonyl (C=O) groups is 2. The maximum absolute atomic E-state index is 11.9. The SMILES string of the molecule is CC(C)(C)OC(=O)NC1CC2(CC(NC(=O)OCc3ccccc3)C2)C1. The summed E-state index contributed by atoms with van der Waals surface area (Å²) < 4.78 is 10.5. The summed E-state index contributed by atoms with van der Waals surface area (Å²) in [5.41, 5.74) is 0.761. The molecule has 6 nitrogen and oxygen atoms in total. The number of ether oxygens (including phenoxy) is 2. The van der Waals surface area contributed by atoms with Gasteiger partial charge >= 0.3 is 12.2 Å². The lowest BCUT2D eigenvalue weighted by atomic mass is 9.52. The standard InChI is InChI=1S/C20H28N2O4/c1-19(2,3)26-18(24)22-16-11-20(12-16)9-15(10-20)21-17(23)25-13-14-7-5-4-6-8-14/h4-8,15-16H,9-13H2,1-3H3,(H,21,23)(H,22,24).